The van der Waals surface area contributed by atoms with Gasteiger partial charge in [0.15, 0.2) is 12.2 Å². The van der Waals surface area contributed by atoms with E-state index in [1.54, 1.807) is 30.5 Å². The van der Waals surface area contributed by atoms with Gasteiger partial charge < -0.3 is 25.8 Å². The Kier molecular flexibility index (Phi) is 5.04. The van der Waals surface area contributed by atoms with Crippen LogP contribution < -0.4 is 16.0 Å². The molecule has 2 atom stereocenters. The van der Waals surface area contributed by atoms with Crippen molar-refractivity contribution >= 4 is 39.9 Å². The number of anilines is 2. The number of nitrogens with zero attached hydrogens (tertiary/aromatic N) is 3. The number of aliphatic imine (C=N–C) groups is 1. The Hall–Kier alpha value is -3.82. The zero-order chi connectivity index (χ0) is 22.2. The molecular weight excluding hydrogens is 410 g/mol. The smallest absolute Gasteiger partial charge is 0.259 e. The quantitative estimate of drug-likeness (QED) is 0.569. The number of aliphatic hydroxyl groups is 1. The fourth-order valence-electron chi connectivity index (χ4n) is 3.97. The van der Waals surface area contributed by atoms with E-state index in [1.807, 2.05) is 24.3 Å². The average Bonchev–Trinajstić information content (AvgIpc) is 3.18. The lowest BCUT2D eigenvalue weighted by molar-refractivity contribution is -0.150. The van der Waals surface area contributed by atoms with Crippen LogP contribution in [-0.4, -0.2) is 53.1 Å². The summed E-state index contributed by atoms with van der Waals surface area (Å²) in [6.45, 7) is 0.942. The summed E-state index contributed by atoms with van der Waals surface area (Å²) in [5, 5.41) is 14.2. The lowest BCUT2D eigenvalue weighted by atomic mass is 10.1. The Balaban J connectivity index is 1.31. The zero-order valence-corrected chi connectivity index (χ0v) is 17.1. The van der Waals surface area contributed by atoms with Crippen LogP contribution in [0, 0.1) is 0 Å². The van der Waals surface area contributed by atoms with Crippen LogP contribution >= 0.6 is 0 Å². The summed E-state index contributed by atoms with van der Waals surface area (Å²) in [6, 6.07) is 14.5. The number of fused-ring (bicyclic) bond motifs is 2. The van der Waals surface area contributed by atoms with Gasteiger partial charge >= 0.3 is 0 Å². The molecule has 3 heterocycles. The Morgan fingerprint density at radius 3 is 3.00 bits per heavy atom. The highest BCUT2D eigenvalue weighted by molar-refractivity contribution is 6.05. The topological polar surface area (TPSA) is 130 Å². The number of amidine groups is 1. The molecule has 0 radical (unpaired) electrons. The van der Waals surface area contributed by atoms with Gasteiger partial charge in [-0.3, -0.25) is 19.6 Å². The highest BCUT2D eigenvalue weighted by Gasteiger charge is 2.39. The number of ether oxygens (including phenoxy) is 1. The molecule has 9 nitrogen and oxygen atoms in total. The van der Waals surface area contributed by atoms with E-state index in [0.29, 0.717) is 30.3 Å². The molecule has 0 spiro atoms. The molecule has 32 heavy (non-hydrogen) atoms. The Bertz CT molecular complexity index is 1260. The third kappa shape index (κ3) is 3.57. The van der Waals surface area contributed by atoms with Crippen molar-refractivity contribution in [1.29, 1.82) is 0 Å². The van der Waals surface area contributed by atoms with E-state index < -0.39 is 24.0 Å². The van der Waals surface area contributed by atoms with Crippen molar-refractivity contribution in [3.8, 4) is 0 Å². The summed E-state index contributed by atoms with van der Waals surface area (Å²) < 4.78 is 5.49. The van der Waals surface area contributed by atoms with Crippen LogP contribution in [0.5, 0.6) is 0 Å². The Labute approximate surface area is 183 Å². The summed E-state index contributed by atoms with van der Waals surface area (Å²) in [5.74, 6) is -0.746. The Morgan fingerprint density at radius 2 is 2.12 bits per heavy atom. The average molecular weight is 431 g/mol. The molecule has 1 fully saturated rings. The molecule has 2 amide bonds. The molecule has 1 aromatic heterocycles. The molecule has 1 unspecified atom stereocenters. The number of aromatic nitrogens is 1. The van der Waals surface area contributed by atoms with Gasteiger partial charge in [0.25, 0.3) is 11.8 Å². The molecule has 3 aromatic rings. The van der Waals surface area contributed by atoms with Crippen molar-refractivity contribution in [2.75, 3.05) is 23.4 Å². The van der Waals surface area contributed by atoms with Gasteiger partial charge in [-0.25, -0.2) is 0 Å². The van der Waals surface area contributed by atoms with Crippen LogP contribution in [0.25, 0.3) is 10.9 Å². The van der Waals surface area contributed by atoms with Crippen LogP contribution in [0.4, 0.5) is 11.4 Å². The van der Waals surface area contributed by atoms with Gasteiger partial charge in [0.05, 0.1) is 18.7 Å². The van der Waals surface area contributed by atoms with E-state index >= 15 is 0 Å². The highest BCUT2D eigenvalue weighted by atomic mass is 16.5. The number of carbonyl (C=O) groups excluding carboxylic acids is 2. The Morgan fingerprint density at radius 1 is 1.25 bits per heavy atom. The van der Waals surface area contributed by atoms with E-state index in [0.717, 1.165) is 22.0 Å². The number of carbonyl (C=O) groups is 2. The number of aliphatic hydroxyl groups excluding tert-OH is 1. The van der Waals surface area contributed by atoms with Gasteiger partial charge in [-0.1, -0.05) is 12.1 Å². The largest absolute Gasteiger partial charge is 0.383 e. The number of amides is 2. The summed E-state index contributed by atoms with van der Waals surface area (Å²) >= 11 is 0. The first-order chi connectivity index (χ1) is 15.5. The lowest BCUT2D eigenvalue weighted by Gasteiger charge is -2.34. The number of benzene rings is 2. The summed E-state index contributed by atoms with van der Waals surface area (Å²) in [6.07, 6.45) is -1.29. The van der Waals surface area contributed by atoms with Gasteiger partial charge in [-0.05, 0) is 42.0 Å². The molecule has 162 valence electrons. The minimum atomic E-state index is -1.67. The highest BCUT2D eigenvalue weighted by Crippen LogP contribution is 2.25. The lowest BCUT2D eigenvalue weighted by Crippen LogP contribution is -2.55. The third-order valence-corrected chi connectivity index (χ3v) is 5.65. The maximum Gasteiger partial charge on any atom is 0.259 e. The van der Waals surface area contributed by atoms with Crippen LogP contribution in [0.3, 0.4) is 0 Å². The fourth-order valence-corrected chi connectivity index (χ4v) is 3.97. The van der Waals surface area contributed by atoms with E-state index in [9.17, 15) is 14.7 Å². The van der Waals surface area contributed by atoms with Crippen LogP contribution in [-0.2, 0) is 20.9 Å². The summed E-state index contributed by atoms with van der Waals surface area (Å²) in [5.41, 5.74) is 9.40. The number of hydrogen-bond donors (Lipinski definition) is 3. The van der Waals surface area contributed by atoms with Crippen LogP contribution in [0.15, 0.2) is 59.7 Å². The molecule has 2 aliphatic rings. The molecule has 4 N–H and O–H groups in total. The first-order valence-electron chi connectivity index (χ1n) is 10.2. The number of rotatable bonds is 4. The van der Waals surface area contributed by atoms with E-state index in [2.05, 4.69) is 15.3 Å². The van der Waals surface area contributed by atoms with Gasteiger partial charge in [0.1, 0.15) is 5.84 Å². The van der Waals surface area contributed by atoms with Gasteiger partial charge in [0.2, 0.25) is 0 Å². The standard InChI is InChI=1S/C23H21N5O4/c24-21-17-6-4-15(10-14(17)12-26-21)27-22(30)19(29)20-23(31)28(8-9-32-20)16-5-3-13-2-1-7-25-18(13)11-16/h1-7,10-11,19-20,29H,8-9,12H2,(H2,24,26)(H,27,30)/t19-,20?/m1/s1. The molecule has 0 saturated carbocycles. The second-order valence-corrected chi connectivity index (χ2v) is 7.67. The van der Waals surface area contributed by atoms with Gasteiger partial charge in [0, 0.05) is 35.1 Å². The van der Waals surface area contributed by atoms with Crippen molar-refractivity contribution in [1.82, 2.24) is 4.98 Å². The summed E-state index contributed by atoms with van der Waals surface area (Å²) in [7, 11) is 0. The minimum Gasteiger partial charge on any atom is -0.383 e. The molecular formula is C23H21N5O4. The first kappa shape index (κ1) is 20.1. The van der Waals surface area contributed by atoms with Crippen LogP contribution in [0.1, 0.15) is 11.1 Å². The van der Waals surface area contributed by atoms with Crippen molar-refractivity contribution in [2.24, 2.45) is 10.7 Å². The fraction of sp³-hybridized carbons (Fsp3) is 0.217. The zero-order valence-electron chi connectivity index (χ0n) is 17.1. The molecule has 5 rings (SSSR count). The first-order valence-corrected chi connectivity index (χ1v) is 10.2. The maximum atomic E-state index is 13.1. The van der Waals surface area contributed by atoms with E-state index in [4.69, 9.17) is 10.5 Å². The van der Waals surface area contributed by atoms with E-state index in [-0.39, 0.29) is 6.61 Å². The monoisotopic (exact) mass is 431 g/mol. The number of nitrogens with two attached hydrogens (primary N) is 1. The van der Waals surface area contributed by atoms with Gasteiger partial charge in [-0.2, -0.15) is 0 Å². The summed E-state index contributed by atoms with van der Waals surface area (Å²) in [4.78, 5) is 35.7. The molecule has 1 saturated heterocycles. The van der Waals surface area contributed by atoms with Crippen molar-refractivity contribution in [2.45, 2.75) is 18.8 Å². The second-order valence-electron chi connectivity index (χ2n) is 7.67. The molecule has 9 heteroatoms. The number of pyridine rings is 1. The minimum absolute atomic E-state index is 0.191. The predicted octanol–water partition coefficient (Wildman–Crippen LogP) is 1.19. The van der Waals surface area contributed by atoms with Gasteiger partial charge in [-0.15, -0.1) is 0 Å². The molecule has 0 bridgehead atoms. The SMILES string of the molecule is NC1=NCc2cc(NC(=O)[C@H](O)C3OCCN(c4ccc5cccnc5c4)C3=O)ccc21. The molecule has 2 aromatic carbocycles. The number of nitrogens with one attached hydrogen (secondary N) is 1. The van der Waals surface area contributed by atoms with Crippen LogP contribution in [0.2, 0.25) is 0 Å². The maximum absolute atomic E-state index is 13.1. The molecule has 0 aliphatic carbocycles. The number of morpholine rings is 1. The predicted molar refractivity (Wildman–Crippen MR) is 119 cm³/mol. The third-order valence-electron chi connectivity index (χ3n) is 5.65. The van der Waals surface area contributed by atoms with Crippen molar-refractivity contribution < 1.29 is 19.4 Å². The second kappa shape index (κ2) is 8.03. The van der Waals surface area contributed by atoms with Crippen molar-refractivity contribution in [3.63, 3.8) is 0 Å². The van der Waals surface area contributed by atoms with E-state index in [1.165, 1.54) is 4.90 Å². The molecule has 2 aliphatic heterocycles. The van der Waals surface area contributed by atoms with Crippen molar-refractivity contribution in [3.05, 3.63) is 65.9 Å². The normalized spacial score (nSPS) is 18.9. The number of hydrogen-bond acceptors (Lipinski definition) is 7.